The fraction of sp³-hybridized carbons (Fsp3) is 0.507. The van der Waals surface area contributed by atoms with Crippen LogP contribution in [0.15, 0.2) is 97.1 Å². The van der Waals surface area contributed by atoms with Crippen molar-refractivity contribution in [3.05, 3.63) is 165 Å². The van der Waals surface area contributed by atoms with E-state index in [0.29, 0.717) is 48.9 Å². The number of esters is 3. The second-order valence-corrected chi connectivity index (χ2v) is 22.1. The molecule has 0 heterocycles. The van der Waals surface area contributed by atoms with Gasteiger partial charge in [0.2, 0.25) is 0 Å². The van der Waals surface area contributed by atoms with Crippen molar-refractivity contribution >= 4 is 17.9 Å². The normalized spacial score (nSPS) is 12.1. The minimum Gasteiger partial charge on any atom is -0.490 e. The molecule has 5 aromatic carbocycles. The topological polar surface area (TPSA) is 120 Å². The second-order valence-electron chi connectivity index (χ2n) is 22.1. The highest BCUT2D eigenvalue weighted by atomic mass is 19.1. The number of carbonyl (C=O) groups excluding carboxylic acids is 3. The number of hydrogen-bond donors (Lipinski definition) is 0. The Bertz CT molecular complexity index is 2770. The summed E-state index contributed by atoms with van der Waals surface area (Å²) in [6.45, 7) is 29.5. The molecular formula is C69H93F4NO10. The van der Waals surface area contributed by atoms with Gasteiger partial charge in [0.25, 0.3) is 6.54 Å². The average molecular weight is 1170 g/mol. The van der Waals surface area contributed by atoms with Crippen molar-refractivity contribution in [1.29, 1.82) is 0 Å². The van der Waals surface area contributed by atoms with E-state index in [2.05, 4.69) is 71.0 Å². The summed E-state index contributed by atoms with van der Waals surface area (Å²) in [4.78, 5) is 35.9. The molecule has 0 bridgehead atoms. The number of carbonyl (C=O) groups is 3. The summed E-state index contributed by atoms with van der Waals surface area (Å²) in [7, 11) is 4.04. The number of hydrogen-bond acceptors (Lipinski definition) is 10. The van der Waals surface area contributed by atoms with Crippen LogP contribution < -0.4 is 18.9 Å². The molecule has 11 nitrogen and oxygen atoms in total. The molecule has 0 N–H and O–H groups in total. The SMILES string of the molecule is CC(C)c1ccc(F)c(OC2CCCC2)c1.COC(=O)CCCCCc1cccc(C(C)C)c1.COC(=O)CCCOc1cc(C(C)C)ccc1F.COC(=O)COc1cc(C(C)C)ccc1F.[C-]#[N+]CC(C)Oc1cc(C(C)C)ccc1F. The van der Waals surface area contributed by atoms with Crippen LogP contribution in [0.3, 0.4) is 0 Å². The Balaban J connectivity index is 0.000000359. The summed E-state index contributed by atoms with van der Waals surface area (Å²) in [5.41, 5.74) is 6.96. The van der Waals surface area contributed by atoms with Crippen LogP contribution >= 0.6 is 0 Å². The fourth-order valence-corrected chi connectivity index (χ4v) is 8.17. The molecule has 1 aliphatic rings. The van der Waals surface area contributed by atoms with E-state index in [0.717, 1.165) is 60.8 Å². The van der Waals surface area contributed by atoms with Crippen molar-refractivity contribution in [2.75, 3.05) is 41.1 Å². The quantitative estimate of drug-likeness (QED) is 0.0194. The summed E-state index contributed by atoms with van der Waals surface area (Å²) in [5.74, 6) is 0.534. The van der Waals surface area contributed by atoms with Crippen LogP contribution in [0.2, 0.25) is 0 Å². The Morgan fingerprint density at radius 3 is 1.38 bits per heavy atom. The molecule has 462 valence electrons. The molecule has 84 heavy (non-hydrogen) atoms. The third-order valence-electron chi connectivity index (χ3n) is 13.5. The fourth-order valence-electron chi connectivity index (χ4n) is 8.17. The summed E-state index contributed by atoms with van der Waals surface area (Å²) in [5, 5.41) is 0. The maximum absolute atomic E-state index is 13.6. The van der Waals surface area contributed by atoms with E-state index < -0.39 is 11.8 Å². The van der Waals surface area contributed by atoms with Gasteiger partial charge in [-0.3, -0.25) is 9.59 Å². The van der Waals surface area contributed by atoms with Gasteiger partial charge in [0.15, 0.2) is 59.0 Å². The Hall–Kier alpha value is -7.08. The molecule has 5 aromatic rings. The lowest BCUT2D eigenvalue weighted by Gasteiger charge is -2.15. The van der Waals surface area contributed by atoms with Gasteiger partial charge in [0.1, 0.15) is 0 Å². The van der Waals surface area contributed by atoms with Gasteiger partial charge in [0, 0.05) is 12.8 Å². The second kappa shape index (κ2) is 40.2. The molecule has 0 saturated heterocycles. The van der Waals surface area contributed by atoms with E-state index in [9.17, 15) is 31.9 Å². The predicted octanol–water partition coefficient (Wildman–Crippen LogP) is 17.8. The number of methoxy groups -OCH3 is 3. The maximum Gasteiger partial charge on any atom is 0.343 e. The number of aryl methyl sites for hydroxylation is 1. The van der Waals surface area contributed by atoms with Crippen LogP contribution in [0.4, 0.5) is 17.6 Å². The third kappa shape index (κ3) is 28.9. The van der Waals surface area contributed by atoms with Crippen LogP contribution in [0.5, 0.6) is 23.0 Å². The van der Waals surface area contributed by atoms with Crippen molar-refractivity contribution in [1.82, 2.24) is 0 Å². The van der Waals surface area contributed by atoms with Crippen LogP contribution in [0.25, 0.3) is 4.85 Å². The van der Waals surface area contributed by atoms with Crippen molar-refractivity contribution in [2.24, 2.45) is 0 Å². The van der Waals surface area contributed by atoms with Gasteiger partial charge < -0.3 is 38.0 Å². The number of halogens is 4. The van der Waals surface area contributed by atoms with Gasteiger partial charge in [0.05, 0.1) is 34.0 Å². The maximum atomic E-state index is 13.6. The first-order valence-electron chi connectivity index (χ1n) is 29.3. The first-order chi connectivity index (χ1) is 39.9. The minimum atomic E-state index is -0.533. The molecule has 6 rings (SSSR count). The zero-order valence-corrected chi connectivity index (χ0v) is 52.2. The average Bonchev–Trinajstić information content (AvgIpc) is 4.16. The van der Waals surface area contributed by atoms with Crippen molar-refractivity contribution in [2.45, 2.75) is 189 Å². The monoisotopic (exact) mass is 1170 g/mol. The number of nitrogens with zero attached hydrogens (tertiary/aromatic N) is 1. The lowest BCUT2D eigenvalue weighted by Crippen LogP contribution is -2.15. The molecule has 1 atom stereocenters. The molecular weight excluding hydrogens is 1080 g/mol. The molecule has 0 spiro atoms. The van der Waals surface area contributed by atoms with Crippen molar-refractivity contribution in [3.8, 4) is 23.0 Å². The Morgan fingerprint density at radius 2 is 0.917 bits per heavy atom. The van der Waals surface area contributed by atoms with E-state index in [-0.39, 0.29) is 84.3 Å². The first-order valence-corrected chi connectivity index (χ1v) is 29.3. The summed E-state index contributed by atoms with van der Waals surface area (Å²) >= 11 is 0. The highest BCUT2D eigenvalue weighted by Crippen LogP contribution is 2.30. The summed E-state index contributed by atoms with van der Waals surface area (Å²) < 4.78 is 88.8. The van der Waals surface area contributed by atoms with Gasteiger partial charge in [-0.1, -0.05) is 124 Å². The molecule has 0 radical (unpaired) electrons. The Morgan fingerprint density at radius 1 is 0.500 bits per heavy atom. The Labute approximate surface area is 498 Å². The zero-order valence-electron chi connectivity index (χ0n) is 52.2. The molecule has 0 amide bonds. The van der Waals surface area contributed by atoms with E-state index in [1.54, 1.807) is 43.3 Å². The number of rotatable bonds is 24. The smallest absolute Gasteiger partial charge is 0.343 e. The number of ether oxygens (including phenoxy) is 7. The number of benzene rings is 5. The van der Waals surface area contributed by atoms with E-state index in [1.165, 1.54) is 69.6 Å². The zero-order chi connectivity index (χ0) is 62.7. The molecule has 0 aliphatic heterocycles. The highest BCUT2D eigenvalue weighted by Gasteiger charge is 2.19. The predicted molar refractivity (Wildman–Crippen MR) is 325 cm³/mol. The van der Waals surface area contributed by atoms with Crippen LogP contribution in [0.1, 0.15) is 203 Å². The molecule has 1 fully saturated rings. The van der Waals surface area contributed by atoms with Gasteiger partial charge in [-0.15, -0.1) is 0 Å². The molecule has 1 aliphatic carbocycles. The molecule has 15 heteroatoms. The van der Waals surface area contributed by atoms with Gasteiger partial charge in [-0.05, 0) is 170 Å². The van der Waals surface area contributed by atoms with Crippen LogP contribution in [0, 0.1) is 29.8 Å². The van der Waals surface area contributed by atoms with Crippen LogP contribution in [-0.4, -0.2) is 71.2 Å². The minimum absolute atomic E-state index is 0.0802. The molecule has 1 unspecified atom stereocenters. The third-order valence-corrected chi connectivity index (χ3v) is 13.5. The molecule has 1 saturated carbocycles. The van der Waals surface area contributed by atoms with Gasteiger partial charge in [-0.2, -0.15) is 0 Å². The Kier molecular flexibility index (Phi) is 35.0. The number of unbranched alkanes of at least 4 members (excludes halogenated alkanes) is 2. The first kappa shape index (κ1) is 73.0. The van der Waals surface area contributed by atoms with Crippen LogP contribution in [-0.2, 0) is 35.0 Å². The van der Waals surface area contributed by atoms with E-state index in [1.807, 2.05) is 53.7 Å². The van der Waals surface area contributed by atoms with E-state index in [4.69, 9.17) is 25.5 Å². The van der Waals surface area contributed by atoms with Gasteiger partial charge in [-0.25, -0.2) is 28.9 Å². The molecule has 0 aromatic heterocycles. The largest absolute Gasteiger partial charge is 0.490 e. The van der Waals surface area contributed by atoms with Gasteiger partial charge >= 0.3 is 17.9 Å². The lowest BCUT2D eigenvalue weighted by atomic mass is 9.98. The standard InChI is InChI=1S/C16H24O2.C14H19FO3.C14H19FO.C13H16FNO.C12H15FO3/c1-13(2)15-10-7-9-14(12-15)8-5-4-6-11-16(17)18-3;1-10(2)11-6-7-12(15)13(9-11)18-8-4-5-14(16)17-3;1-10(2)11-7-8-13(15)14(9-11)16-12-5-3-4-6-12;1-9(2)11-5-6-12(14)13(7-11)16-10(3)8-15-4;1-8(2)9-4-5-10(13)11(6-9)16-7-12(14)15-3/h7,9-10,12-13H,4-6,8,11H2,1-3H3;6-7,9-10H,4-5,8H2,1-3H3;7-10,12H,3-6H2,1-2H3;5-7,9-10H,8H2,1-3H3;4-6,8H,7H2,1-3H3. The summed E-state index contributed by atoms with van der Waals surface area (Å²) in [6, 6.07) is 28.4. The van der Waals surface area contributed by atoms with Crippen molar-refractivity contribution in [3.63, 3.8) is 0 Å². The highest BCUT2D eigenvalue weighted by molar-refractivity contribution is 5.71. The van der Waals surface area contributed by atoms with Crippen molar-refractivity contribution < 1.29 is 65.1 Å². The lowest BCUT2D eigenvalue weighted by molar-refractivity contribution is -0.143. The van der Waals surface area contributed by atoms with E-state index >= 15 is 0 Å². The summed E-state index contributed by atoms with van der Waals surface area (Å²) in [6.07, 6.45) is 10.1.